The van der Waals surface area contributed by atoms with Crippen molar-refractivity contribution >= 4 is 50.2 Å². The van der Waals surface area contributed by atoms with Gasteiger partial charge in [0.25, 0.3) is 0 Å². The minimum Gasteiger partial charge on any atom is -0.424 e. The highest BCUT2D eigenvalue weighted by Gasteiger charge is 2.20. The van der Waals surface area contributed by atoms with Gasteiger partial charge in [-0.15, -0.1) is 0 Å². The molecular formula is C20H21BrCl2N2O. The van der Waals surface area contributed by atoms with Gasteiger partial charge < -0.3 is 4.74 Å². The highest BCUT2D eigenvalue weighted by molar-refractivity contribution is 9.10. The minimum absolute atomic E-state index is 0.455. The number of benzene rings is 2. The van der Waals surface area contributed by atoms with Crippen LogP contribution in [0.4, 0.5) is 0 Å². The van der Waals surface area contributed by atoms with Crippen LogP contribution in [0.5, 0.6) is 11.8 Å². The molecule has 3 aromatic rings. The Balaban J connectivity index is 2.14. The predicted molar refractivity (Wildman–Crippen MR) is 113 cm³/mol. The summed E-state index contributed by atoms with van der Waals surface area (Å²) >= 11 is 16.3. The first-order valence-electron chi connectivity index (χ1n) is 8.66. The molecule has 0 saturated heterocycles. The number of aromatic nitrogens is 2. The minimum atomic E-state index is 0.455. The fraction of sp³-hybridized carbons (Fsp3) is 0.350. The molecule has 3 rings (SSSR count). The largest absolute Gasteiger partial charge is 0.424 e. The molecule has 0 aliphatic rings. The fourth-order valence-electron chi connectivity index (χ4n) is 3.26. The Morgan fingerprint density at radius 1 is 1.15 bits per heavy atom. The number of ether oxygens (including phenoxy) is 1. The quantitative estimate of drug-likeness (QED) is 0.395. The highest BCUT2D eigenvalue weighted by atomic mass is 79.9. The van der Waals surface area contributed by atoms with Gasteiger partial charge in [-0.05, 0) is 55.0 Å². The van der Waals surface area contributed by atoms with Crippen molar-refractivity contribution in [3.63, 3.8) is 0 Å². The molecule has 0 unspecified atom stereocenters. The molecule has 1 heterocycles. The molecular weight excluding hydrogens is 435 g/mol. The van der Waals surface area contributed by atoms with Crippen molar-refractivity contribution < 1.29 is 4.74 Å². The molecule has 0 aliphatic carbocycles. The lowest BCUT2D eigenvalue weighted by atomic mass is 9.93. The zero-order chi connectivity index (χ0) is 19.0. The summed E-state index contributed by atoms with van der Waals surface area (Å²) in [5.74, 6) is 1.03. The lowest BCUT2D eigenvalue weighted by Gasteiger charge is -2.15. The van der Waals surface area contributed by atoms with E-state index in [2.05, 4.69) is 40.8 Å². The van der Waals surface area contributed by atoms with Gasteiger partial charge in [0.15, 0.2) is 0 Å². The summed E-state index contributed by atoms with van der Waals surface area (Å²) in [5.41, 5.74) is 3.96. The number of nitrogens with zero attached hydrogens (tertiary/aromatic N) is 2. The fourth-order valence-corrected chi connectivity index (χ4v) is 4.10. The summed E-state index contributed by atoms with van der Waals surface area (Å²) in [5, 5.41) is 1.19. The molecule has 0 saturated carbocycles. The zero-order valence-corrected chi connectivity index (χ0v) is 18.3. The van der Waals surface area contributed by atoms with Crippen molar-refractivity contribution in [1.29, 1.82) is 0 Å². The molecule has 1 aromatic heterocycles. The van der Waals surface area contributed by atoms with E-state index in [1.807, 2.05) is 36.7 Å². The molecule has 0 spiro atoms. The zero-order valence-electron chi connectivity index (χ0n) is 15.2. The average Bonchev–Trinajstić information content (AvgIpc) is 2.96. The van der Waals surface area contributed by atoms with E-state index in [9.17, 15) is 0 Å². The van der Waals surface area contributed by atoms with Crippen molar-refractivity contribution in [3.8, 4) is 11.8 Å². The van der Waals surface area contributed by atoms with Crippen LogP contribution in [0.25, 0.3) is 11.0 Å². The molecule has 0 bridgehead atoms. The second-order valence-electron chi connectivity index (χ2n) is 6.39. The van der Waals surface area contributed by atoms with Gasteiger partial charge in [-0.25, -0.2) is 0 Å². The van der Waals surface area contributed by atoms with Crippen molar-refractivity contribution in [3.05, 3.63) is 49.9 Å². The van der Waals surface area contributed by atoms with Crippen LogP contribution in [0, 0.1) is 6.92 Å². The van der Waals surface area contributed by atoms with Crippen molar-refractivity contribution in [2.75, 3.05) is 0 Å². The Labute approximate surface area is 172 Å². The third kappa shape index (κ3) is 3.35. The number of rotatable bonds is 5. The Hall–Kier alpha value is -1.23. The third-order valence-corrected chi connectivity index (χ3v) is 6.51. The average molecular weight is 456 g/mol. The normalized spacial score (nSPS) is 11.5. The molecule has 0 fully saturated rings. The summed E-state index contributed by atoms with van der Waals surface area (Å²) in [4.78, 5) is 4.65. The van der Waals surface area contributed by atoms with E-state index in [1.54, 1.807) is 0 Å². The molecule has 3 nitrogen and oxygen atoms in total. The van der Waals surface area contributed by atoms with Gasteiger partial charge in [0.1, 0.15) is 11.3 Å². The molecule has 0 radical (unpaired) electrons. The number of aryl methyl sites for hydroxylation is 1. The van der Waals surface area contributed by atoms with Gasteiger partial charge in [0.05, 0.1) is 15.6 Å². The maximum atomic E-state index is 6.44. The van der Waals surface area contributed by atoms with E-state index >= 15 is 0 Å². The molecule has 0 aliphatic heterocycles. The molecule has 0 amide bonds. The van der Waals surface area contributed by atoms with Gasteiger partial charge in [0, 0.05) is 11.5 Å². The number of halogens is 3. The van der Waals surface area contributed by atoms with Crippen LogP contribution in [0.15, 0.2) is 28.7 Å². The number of hydrogen-bond acceptors (Lipinski definition) is 2. The van der Waals surface area contributed by atoms with Gasteiger partial charge in [0.2, 0.25) is 0 Å². The second kappa shape index (κ2) is 7.79. The van der Waals surface area contributed by atoms with Crippen molar-refractivity contribution in [2.24, 2.45) is 7.05 Å². The van der Waals surface area contributed by atoms with Crippen LogP contribution in [-0.4, -0.2) is 9.55 Å². The molecule has 0 atom stereocenters. The SMILES string of the molecule is CCC(CC)c1ccc(Cl)c2nc(Oc3ccc(Br)c(C)c3Cl)n(C)c12. The molecule has 2 aromatic carbocycles. The summed E-state index contributed by atoms with van der Waals surface area (Å²) in [6.45, 7) is 6.34. The van der Waals surface area contributed by atoms with Gasteiger partial charge in [-0.3, -0.25) is 4.57 Å². The van der Waals surface area contributed by atoms with Crippen LogP contribution in [-0.2, 0) is 7.05 Å². The maximum Gasteiger partial charge on any atom is 0.302 e. The first-order valence-corrected chi connectivity index (χ1v) is 10.2. The van der Waals surface area contributed by atoms with Gasteiger partial charge in [-0.2, -0.15) is 4.98 Å². The standard InChI is InChI=1S/C20H21BrCl2N2O/c1-5-12(6-2)13-7-9-15(22)18-19(13)25(4)20(24-18)26-16-10-8-14(21)11(3)17(16)23/h7-10,12H,5-6H2,1-4H3. The third-order valence-electron chi connectivity index (χ3n) is 4.87. The molecule has 0 N–H and O–H groups in total. The summed E-state index contributed by atoms with van der Waals surface area (Å²) < 4.78 is 8.96. The Morgan fingerprint density at radius 2 is 1.85 bits per heavy atom. The summed E-state index contributed by atoms with van der Waals surface area (Å²) in [6.07, 6.45) is 2.12. The van der Waals surface area contributed by atoms with Gasteiger partial charge >= 0.3 is 6.01 Å². The summed E-state index contributed by atoms with van der Waals surface area (Å²) in [7, 11) is 1.95. The molecule has 6 heteroatoms. The van der Waals surface area contributed by atoms with Crippen LogP contribution in [0.2, 0.25) is 10.0 Å². The van der Waals surface area contributed by atoms with Crippen LogP contribution < -0.4 is 4.74 Å². The summed E-state index contributed by atoms with van der Waals surface area (Å²) in [6, 6.07) is 8.25. The number of imidazole rings is 1. The van der Waals surface area contributed by atoms with E-state index in [0.717, 1.165) is 33.9 Å². The van der Waals surface area contributed by atoms with E-state index in [1.165, 1.54) is 5.56 Å². The smallest absolute Gasteiger partial charge is 0.302 e. The first kappa shape index (κ1) is 19.5. The Morgan fingerprint density at radius 3 is 2.50 bits per heavy atom. The van der Waals surface area contributed by atoms with Crippen LogP contribution >= 0.6 is 39.1 Å². The number of hydrogen-bond donors (Lipinski definition) is 0. The molecule has 26 heavy (non-hydrogen) atoms. The second-order valence-corrected chi connectivity index (χ2v) is 8.03. The number of fused-ring (bicyclic) bond motifs is 1. The van der Waals surface area contributed by atoms with E-state index in [0.29, 0.717) is 27.7 Å². The van der Waals surface area contributed by atoms with Crippen LogP contribution in [0.1, 0.15) is 43.7 Å². The van der Waals surface area contributed by atoms with Crippen molar-refractivity contribution in [2.45, 2.75) is 39.5 Å². The first-order chi connectivity index (χ1) is 12.4. The van der Waals surface area contributed by atoms with Crippen LogP contribution in [0.3, 0.4) is 0 Å². The van der Waals surface area contributed by atoms with Gasteiger partial charge in [-0.1, -0.05) is 59.0 Å². The van der Waals surface area contributed by atoms with E-state index in [-0.39, 0.29) is 0 Å². The maximum absolute atomic E-state index is 6.44. The van der Waals surface area contributed by atoms with E-state index < -0.39 is 0 Å². The monoisotopic (exact) mass is 454 g/mol. The highest BCUT2D eigenvalue weighted by Crippen LogP contribution is 2.39. The topological polar surface area (TPSA) is 27.1 Å². The van der Waals surface area contributed by atoms with Crippen molar-refractivity contribution in [1.82, 2.24) is 9.55 Å². The lowest BCUT2D eigenvalue weighted by Crippen LogP contribution is -2.01. The predicted octanol–water partition coefficient (Wildman–Crippen LogP) is 7.65. The lowest BCUT2D eigenvalue weighted by molar-refractivity contribution is 0.427. The van der Waals surface area contributed by atoms with E-state index in [4.69, 9.17) is 27.9 Å². The Bertz CT molecular complexity index is 964. The Kier molecular flexibility index (Phi) is 5.85. The molecule has 138 valence electrons.